The zero-order chi connectivity index (χ0) is 24.1. The first-order valence-corrected chi connectivity index (χ1v) is 12.1. The molecule has 0 saturated carbocycles. The molecule has 0 aromatic heterocycles. The normalized spacial score (nSPS) is 16.4. The first-order valence-electron chi connectivity index (χ1n) is 12.1. The third-order valence-corrected chi connectivity index (χ3v) is 5.36. The second kappa shape index (κ2) is 14.5. The minimum Gasteiger partial charge on any atom is -0.494 e. The zero-order valence-electron chi connectivity index (χ0n) is 20.2. The number of ether oxygens (including phenoxy) is 2. The molecule has 2 N–H and O–H groups in total. The van der Waals surface area contributed by atoms with E-state index in [1.807, 2.05) is 26.0 Å². The number of rotatable bonds is 14. The Morgan fingerprint density at radius 3 is 2.76 bits per heavy atom. The Morgan fingerprint density at radius 1 is 1.21 bits per heavy atom. The van der Waals surface area contributed by atoms with Crippen LogP contribution in [0.25, 0.3) is 0 Å². The number of nitrogens with zero attached hydrogens (tertiary/aromatic N) is 1. The molecule has 1 saturated heterocycles. The van der Waals surface area contributed by atoms with Crippen molar-refractivity contribution in [3.63, 3.8) is 0 Å². The van der Waals surface area contributed by atoms with E-state index in [0.29, 0.717) is 37.7 Å². The fourth-order valence-electron chi connectivity index (χ4n) is 3.59. The van der Waals surface area contributed by atoms with Gasteiger partial charge in [-0.1, -0.05) is 52.5 Å². The Hall–Kier alpha value is -2.61. The van der Waals surface area contributed by atoms with Crippen LogP contribution in [0.4, 0.5) is 5.69 Å². The number of nitrogens with one attached hydrogen (secondary N) is 2. The van der Waals surface area contributed by atoms with Crippen molar-refractivity contribution >= 4 is 23.5 Å². The predicted molar refractivity (Wildman–Crippen MR) is 128 cm³/mol. The van der Waals surface area contributed by atoms with Crippen LogP contribution in [0.15, 0.2) is 24.3 Å². The summed E-state index contributed by atoms with van der Waals surface area (Å²) >= 11 is 0. The van der Waals surface area contributed by atoms with Crippen LogP contribution in [0.5, 0.6) is 5.75 Å². The molecule has 0 radical (unpaired) electrons. The second-order valence-electron chi connectivity index (χ2n) is 8.90. The van der Waals surface area contributed by atoms with Crippen LogP contribution in [0, 0.1) is 5.92 Å². The molecule has 1 aromatic rings. The molecule has 1 aromatic carbocycles. The van der Waals surface area contributed by atoms with Gasteiger partial charge in [0.15, 0.2) is 0 Å². The van der Waals surface area contributed by atoms with E-state index in [-0.39, 0.29) is 30.7 Å². The van der Waals surface area contributed by atoms with Crippen molar-refractivity contribution < 1.29 is 23.9 Å². The van der Waals surface area contributed by atoms with Crippen LogP contribution in [-0.2, 0) is 19.1 Å². The maximum Gasteiger partial charge on any atom is 0.307 e. The van der Waals surface area contributed by atoms with E-state index in [4.69, 9.17) is 9.47 Å². The van der Waals surface area contributed by atoms with E-state index in [0.717, 1.165) is 12.8 Å². The summed E-state index contributed by atoms with van der Waals surface area (Å²) in [6.07, 6.45) is 5.77. The fourth-order valence-corrected chi connectivity index (χ4v) is 3.59. The number of carbonyl (C=O) groups is 3. The van der Waals surface area contributed by atoms with Crippen LogP contribution in [-0.4, -0.2) is 61.6 Å². The lowest BCUT2D eigenvalue weighted by Gasteiger charge is -2.33. The largest absolute Gasteiger partial charge is 0.494 e. The van der Waals surface area contributed by atoms with Gasteiger partial charge in [0.2, 0.25) is 11.8 Å². The number of benzene rings is 1. The number of esters is 1. The van der Waals surface area contributed by atoms with Gasteiger partial charge in [-0.05, 0) is 24.5 Å². The van der Waals surface area contributed by atoms with Gasteiger partial charge in [-0.15, -0.1) is 0 Å². The molecule has 1 atom stereocenters. The number of hydrogen-bond donors (Lipinski definition) is 2. The van der Waals surface area contributed by atoms with Gasteiger partial charge in [-0.2, -0.15) is 0 Å². The van der Waals surface area contributed by atoms with Gasteiger partial charge in [-0.3, -0.25) is 19.3 Å². The SMILES string of the molecule is CCCCCCCOc1cccc(NC(=O)CN2CCNC(=O)C2CC(=O)OCC(C)C)c1. The second-order valence-corrected chi connectivity index (χ2v) is 8.90. The van der Waals surface area contributed by atoms with Gasteiger partial charge in [0.05, 0.1) is 26.2 Å². The lowest BCUT2D eigenvalue weighted by atomic mass is 10.1. The topological polar surface area (TPSA) is 97.0 Å². The van der Waals surface area contributed by atoms with Gasteiger partial charge >= 0.3 is 5.97 Å². The van der Waals surface area contributed by atoms with E-state index >= 15 is 0 Å². The van der Waals surface area contributed by atoms with Crippen LogP contribution in [0.1, 0.15) is 59.3 Å². The Labute approximate surface area is 197 Å². The van der Waals surface area contributed by atoms with Crippen molar-refractivity contribution in [3.8, 4) is 5.75 Å². The Morgan fingerprint density at radius 2 is 2.00 bits per heavy atom. The number of carbonyl (C=O) groups excluding carboxylic acids is 3. The number of amides is 2. The lowest BCUT2D eigenvalue weighted by molar-refractivity contribution is -0.149. The highest BCUT2D eigenvalue weighted by Gasteiger charge is 2.33. The molecule has 1 unspecified atom stereocenters. The fraction of sp³-hybridized carbons (Fsp3) is 0.640. The highest BCUT2D eigenvalue weighted by Crippen LogP contribution is 2.18. The summed E-state index contributed by atoms with van der Waals surface area (Å²) in [5, 5.41) is 5.63. The first kappa shape index (κ1) is 26.6. The summed E-state index contributed by atoms with van der Waals surface area (Å²) in [4.78, 5) is 38.9. The number of unbranched alkanes of at least 4 members (excludes halogenated alkanes) is 4. The molecule has 8 nitrogen and oxygen atoms in total. The Kier molecular flexibility index (Phi) is 11.7. The standard InChI is InChI=1S/C25H39N3O5/c1-4-5-6-7-8-14-32-21-11-9-10-20(15-21)27-23(29)17-28-13-12-26-25(31)22(28)16-24(30)33-18-19(2)3/h9-11,15,19,22H,4-8,12-14,16-18H2,1-3H3,(H,26,31)(H,27,29). The number of hydrogen-bond acceptors (Lipinski definition) is 6. The smallest absolute Gasteiger partial charge is 0.307 e. The van der Waals surface area contributed by atoms with Crippen LogP contribution in [0.3, 0.4) is 0 Å². The van der Waals surface area contributed by atoms with Crippen molar-refractivity contribution in [2.45, 2.75) is 65.3 Å². The van der Waals surface area contributed by atoms with E-state index in [1.54, 1.807) is 17.0 Å². The average Bonchev–Trinajstić information content (AvgIpc) is 2.77. The molecular formula is C25H39N3O5. The van der Waals surface area contributed by atoms with Gasteiger partial charge in [0, 0.05) is 24.8 Å². The van der Waals surface area contributed by atoms with Crippen molar-refractivity contribution in [2.24, 2.45) is 5.92 Å². The molecule has 1 fully saturated rings. The molecule has 0 aliphatic carbocycles. The van der Waals surface area contributed by atoms with Crippen molar-refractivity contribution in [1.82, 2.24) is 10.2 Å². The summed E-state index contributed by atoms with van der Waals surface area (Å²) in [5.74, 6) is -0.00854. The quantitative estimate of drug-likeness (QED) is 0.326. The van der Waals surface area contributed by atoms with Crippen LogP contribution >= 0.6 is 0 Å². The maximum absolute atomic E-state index is 12.7. The molecule has 1 heterocycles. The minimum absolute atomic E-state index is 0.0120. The molecule has 2 amide bonds. The Balaban J connectivity index is 1.85. The van der Waals surface area contributed by atoms with Crippen LogP contribution in [0.2, 0.25) is 0 Å². The monoisotopic (exact) mass is 461 g/mol. The van der Waals surface area contributed by atoms with Gasteiger partial charge in [-0.25, -0.2) is 0 Å². The average molecular weight is 462 g/mol. The van der Waals surface area contributed by atoms with Crippen molar-refractivity contribution in [3.05, 3.63) is 24.3 Å². The molecule has 2 rings (SSSR count). The molecule has 1 aliphatic heterocycles. The van der Waals surface area contributed by atoms with Crippen molar-refractivity contribution in [2.75, 3.05) is 38.2 Å². The first-order chi connectivity index (χ1) is 15.9. The van der Waals surface area contributed by atoms with Gasteiger partial charge < -0.3 is 20.1 Å². The summed E-state index contributed by atoms with van der Waals surface area (Å²) in [7, 11) is 0. The summed E-state index contributed by atoms with van der Waals surface area (Å²) in [5.41, 5.74) is 0.637. The molecule has 1 aliphatic rings. The third kappa shape index (κ3) is 10.2. The molecule has 0 spiro atoms. The van der Waals surface area contributed by atoms with Gasteiger partial charge in [0.25, 0.3) is 0 Å². The molecule has 33 heavy (non-hydrogen) atoms. The lowest BCUT2D eigenvalue weighted by Crippen LogP contribution is -2.57. The maximum atomic E-state index is 12.7. The summed E-state index contributed by atoms with van der Waals surface area (Å²) in [6.45, 7) is 7.99. The highest BCUT2D eigenvalue weighted by molar-refractivity contribution is 5.93. The molecule has 184 valence electrons. The zero-order valence-corrected chi connectivity index (χ0v) is 20.2. The molecular weight excluding hydrogens is 422 g/mol. The third-order valence-electron chi connectivity index (χ3n) is 5.36. The van der Waals surface area contributed by atoms with E-state index in [1.165, 1.54) is 19.3 Å². The summed E-state index contributed by atoms with van der Waals surface area (Å²) < 4.78 is 11.0. The Bertz CT molecular complexity index is 768. The van der Waals surface area contributed by atoms with Crippen LogP contribution < -0.4 is 15.4 Å². The predicted octanol–water partition coefficient (Wildman–Crippen LogP) is 3.36. The number of piperazine rings is 1. The number of anilines is 1. The minimum atomic E-state index is -0.716. The highest BCUT2D eigenvalue weighted by atomic mass is 16.5. The summed E-state index contributed by atoms with van der Waals surface area (Å²) in [6, 6.07) is 6.59. The van der Waals surface area contributed by atoms with E-state index in [2.05, 4.69) is 17.6 Å². The van der Waals surface area contributed by atoms with Crippen molar-refractivity contribution in [1.29, 1.82) is 0 Å². The van der Waals surface area contributed by atoms with Gasteiger partial charge in [0.1, 0.15) is 11.8 Å². The van der Waals surface area contributed by atoms with E-state index in [9.17, 15) is 14.4 Å². The molecule has 0 bridgehead atoms. The molecule has 8 heteroatoms. The van der Waals surface area contributed by atoms with E-state index < -0.39 is 12.0 Å².